The molecule has 2 aromatic heterocycles. The number of pyridine rings is 1. The molecule has 5 heterocycles. The molecule has 4 aromatic rings. The van der Waals surface area contributed by atoms with Crippen LogP contribution in [0, 0.1) is 11.8 Å². The molecule has 50 heavy (non-hydrogen) atoms. The Balaban J connectivity index is 0.888. The number of phenols is 1. The molecule has 1 aliphatic carbocycles. The molecule has 2 bridgehead atoms. The molecule has 3 fully saturated rings. The second-order valence-corrected chi connectivity index (χ2v) is 15.2. The number of carbonyl (C=O) groups excluding carboxylic acids is 1. The fourth-order valence-electron chi connectivity index (χ4n) is 8.52. The molecule has 8 rings (SSSR count). The number of aromatic hydroxyl groups is 1. The first-order chi connectivity index (χ1) is 24.2. The van der Waals surface area contributed by atoms with Gasteiger partial charge in [-0.15, -0.1) is 11.3 Å². The number of phenolic OH excluding ortho intramolecular Hbond substituents is 1. The first-order valence-electron chi connectivity index (χ1n) is 17.6. The zero-order chi connectivity index (χ0) is 34.8. The van der Waals surface area contributed by atoms with Crippen LogP contribution < -0.4 is 21.5 Å². The third kappa shape index (κ3) is 6.82. The number of nitrogens with zero attached hydrogens (tertiary/aromatic N) is 1. The number of H-pyrrole nitrogens is 1. The number of unbranched alkanes of at least 4 members (excludes halogenated alkanes) is 1. The van der Waals surface area contributed by atoms with Crippen LogP contribution in [0.2, 0.25) is 0 Å². The number of carboxylic acid groups (broad SMARTS) is 1. The number of thiophene rings is 1. The van der Waals surface area contributed by atoms with Crippen molar-refractivity contribution in [3.63, 3.8) is 0 Å². The van der Waals surface area contributed by atoms with E-state index in [1.54, 1.807) is 12.1 Å². The van der Waals surface area contributed by atoms with E-state index in [2.05, 4.69) is 38.0 Å². The van der Waals surface area contributed by atoms with Crippen molar-refractivity contribution >= 4 is 34.1 Å². The topological polar surface area (TPSA) is 167 Å². The van der Waals surface area contributed by atoms with E-state index >= 15 is 0 Å². The minimum atomic E-state index is -1.10. The largest absolute Gasteiger partial charge is 0.506 e. The van der Waals surface area contributed by atoms with Crippen LogP contribution in [0.3, 0.4) is 0 Å². The van der Waals surface area contributed by atoms with Crippen LogP contribution in [0.1, 0.15) is 68.9 Å². The maximum atomic E-state index is 13.2. The van der Waals surface area contributed by atoms with E-state index < -0.39 is 17.6 Å². The molecule has 4 aliphatic rings. The second-order valence-electron chi connectivity index (χ2n) is 14.0. The van der Waals surface area contributed by atoms with Gasteiger partial charge >= 0.3 is 5.97 Å². The number of hydrogen-bond donors (Lipinski definition) is 7. The maximum absolute atomic E-state index is 13.2. The van der Waals surface area contributed by atoms with E-state index in [1.165, 1.54) is 29.0 Å². The normalized spacial score (nSPS) is 24.7. The molecular formula is C38H45N5O6S. The molecule has 3 saturated heterocycles. The number of carboxylic acids is 1. The van der Waals surface area contributed by atoms with Gasteiger partial charge in [-0.1, -0.05) is 30.3 Å². The van der Waals surface area contributed by atoms with Crippen LogP contribution >= 0.6 is 11.3 Å². The number of aromatic amines is 1. The lowest BCUT2D eigenvalue weighted by atomic mass is 9.65. The minimum absolute atomic E-state index is 0.0471. The van der Waals surface area contributed by atoms with Crippen LogP contribution in [0.5, 0.6) is 5.75 Å². The highest BCUT2D eigenvalue weighted by molar-refractivity contribution is 7.14. The molecule has 264 valence electrons. The smallest absolute Gasteiger partial charge is 0.324 e. The standard InChI is InChI=1S/C38H45N5O6S/c44-30-10-8-27(28-9-12-33(46)42-35(28)30)31(45)21-39-15-3-4-16-40-36(47)32-11-7-25(50-32)20-41-38(37(48)49)19-24-5-1-2-6-26(24)34(38)29-22-43-17-13-23(29)14-18-43/h1-2,5-12,23,29,31,34,39,41,44-45H,3-4,13-22H2,(H,40,47)(H,42,46)(H,48,49)/t29?,31?,34-,38?/m0/s1. The summed E-state index contributed by atoms with van der Waals surface area (Å²) in [5.41, 5.74) is 1.78. The lowest BCUT2D eigenvalue weighted by molar-refractivity contribution is -0.147. The van der Waals surface area contributed by atoms with Gasteiger partial charge in [-0.2, -0.15) is 0 Å². The van der Waals surface area contributed by atoms with Gasteiger partial charge in [0.1, 0.15) is 11.3 Å². The van der Waals surface area contributed by atoms with E-state index in [4.69, 9.17) is 0 Å². The quantitative estimate of drug-likeness (QED) is 0.0972. The number of nitrogens with one attached hydrogen (secondary N) is 4. The SMILES string of the molecule is O=C(NCCCCNCC(O)c1ccc(O)c2[nH]c(=O)ccc12)c1ccc(CNC2(C(=O)O)Cc3ccccc3[C@H]2C2CN3CCC2CC3)s1. The number of aliphatic hydroxyl groups is 1. The second kappa shape index (κ2) is 14.7. The summed E-state index contributed by atoms with van der Waals surface area (Å²) < 4.78 is 0. The van der Waals surface area contributed by atoms with E-state index in [0.29, 0.717) is 65.8 Å². The Morgan fingerprint density at radius 2 is 1.82 bits per heavy atom. The highest BCUT2D eigenvalue weighted by Gasteiger charge is 2.57. The Morgan fingerprint density at radius 1 is 1.02 bits per heavy atom. The first-order valence-corrected chi connectivity index (χ1v) is 18.4. The Hall–Kier alpha value is -4.07. The highest BCUT2D eigenvalue weighted by Crippen LogP contribution is 2.51. The summed E-state index contributed by atoms with van der Waals surface area (Å²) in [6.45, 7) is 4.99. The number of aromatic nitrogens is 1. The van der Waals surface area contributed by atoms with Gasteiger partial charge in [0.2, 0.25) is 5.56 Å². The molecule has 11 nitrogen and oxygen atoms in total. The zero-order valence-electron chi connectivity index (χ0n) is 28.0. The van der Waals surface area contributed by atoms with E-state index in [1.807, 2.05) is 24.3 Å². The Kier molecular flexibility index (Phi) is 10.1. The molecule has 4 atom stereocenters. The summed E-state index contributed by atoms with van der Waals surface area (Å²) in [6, 6.07) is 18.0. The summed E-state index contributed by atoms with van der Waals surface area (Å²) >= 11 is 1.39. The number of benzene rings is 2. The molecule has 12 heteroatoms. The van der Waals surface area contributed by atoms with Crippen molar-refractivity contribution in [3.05, 3.63) is 97.5 Å². The monoisotopic (exact) mass is 699 g/mol. The van der Waals surface area contributed by atoms with Crippen molar-refractivity contribution in [2.24, 2.45) is 11.8 Å². The van der Waals surface area contributed by atoms with Crippen molar-refractivity contribution in [1.82, 2.24) is 25.8 Å². The van der Waals surface area contributed by atoms with Crippen LogP contribution in [0.15, 0.2) is 65.5 Å². The molecule has 7 N–H and O–H groups in total. The number of aliphatic hydroxyl groups excluding tert-OH is 1. The number of rotatable bonds is 14. The lowest BCUT2D eigenvalue weighted by Gasteiger charge is -2.50. The zero-order valence-corrected chi connectivity index (χ0v) is 28.8. The van der Waals surface area contributed by atoms with Gasteiger partial charge in [-0.05, 0) is 98.1 Å². The Bertz CT molecular complexity index is 1920. The summed E-state index contributed by atoms with van der Waals surface area (Å²) in [5, 5.41) is 42.0. The molecule has 2 aromatic carbocycles. The predicted molar refractivity (Wildman–Crippen MR) is 193 cm³/mol. The molecule has 1 amide bonds. The van der Waals surface area contributed by atoms with Crippen LogP contribution in [-0.2, 0) is 17.8 Å². The van der Waals surface area contributed by atoms with Gasteiger partial charge < -0.3 is 35.8 Å². The number of carbonyl (C=O) groups is 2. The number of hydrogen-bond acceptors (Lipinski definition) is 9. The predicted octanol–water partition coefficient (Wildman–Crippen LogP) is 3.72. The van der Waals surface area contributed by atoms with Gasteiger partial charge in [0.25, 0.3) is 5.91 Å². The molecule has 0 spiro atoms. The Morgan fingerprint density at radius 3 is 2.60 bits per heavy atom. The Labute approximate surface area is 294 Å². The van der Waals surface area contributed by atoms with Crippen molar-refractivity contribution in [1.29, 1.82) is 0 Å². The summed E-state index contributed by atoms with van der Waals surface area (Å²) in [5.74, 6) is -0.273. The van der Waals surface area contributed by atoms with Crippen molar-refractivity contribution in [3.8, 4) is 5.75 Å². The van der Waals surface area contributed by atoms with Crippen LogP contribution in [0.4, 0.5) is 0 Å². The van der Waals surface area contributed by atoms with Gasteiger partial charge in [-0.3, -0.25) is 19.7 Å². The van der Waals surface area contributed by atoms with Gasteiger partial charge in [-0.25, -0.2) is 0 Å². The molecule has 0 saturated carbocycles. The van der Waals surface area contributed by atoms with Gasteiger partial charge in [0, 0.05) is 54.8 Å². The number of aliphatic carboxylic acids is 1. The maximum Gasteiger partial charge on any atom is 0.324 e. The van der Waals surface area contributed by atoms with E-state index in [0.717, 1.165) is 55.8 Å². The third-order valence-corrected chi connectivity index (χ3v) is 12.1. The summed E-state index contributed by atoms with van der Waals surface area (Å²) in [7, 11) is 0. The fourth-order valence-corrected chi connectivity index (χ4v) is 9.38. The molecule has 0 radical (unpaired) electrons. The van der Waals surface area contributed by atoms with Crippen LogP contribution in [0.25, 0.3) is 10.9 Å². The van der Waals surface area contributed by atoms with Crippen LogP contribution in [-0.4, -0.2) is 81.9 Å². The highest BCUT2D eigenvalue weighted by atomic mass is 32.1. The number of fused-ring (bicyclic) bond motifs is 5. The summed E-state index contributed by atoms with van der Waals surface area (Å²) in [6.07, 6.45) is 3.43. The molecule has 3 unspecified atom stereocenters. The third-order valence-electron chi connectivity index (χ3n) is 11.0. The lowest BCUT2D eigenvalue weighted by Crippen LogP contribution is -2.60. The van der Waals surface area contributed by atoms with Crippen molar-refractivity contribution in [2.75, 3.05) is 39.3 Å². The van der Waals surface area contributed by atoms with E-state index in [-0.39, 0.29) is 23.1 Å². The molecule has 3 aliphatic heterocycles. The van der Waals surface area contributed by atoms with Gasteiger partial charge in [0.15, 0.2) is 0 Å². The minimum Gasteiger partial charge on any atom is -0.506 e. The number of amides is 1. The van der Waals surface area contributed by atoms with Crippen molar-refractivity contribution in [2.45, 2.75) is 56.2 Å². The average Bonchev–Trinajstić information content (AvgIpc) is 3.74. The fraction of sp³-hybridized carbons (Fsp3) is 0.447. The van der Waals surface area contributed by atoms with Crippen molar-refractivity contribution < 1.29 is 24.9 Å². The van der Waals surface area contributed by atoms with E-state index in [9.17, 15) is 29.7 Å². The van der Waals surface area contributed by atoms with Gasteiger partial charge in [0.05, 0.1) is 16.5 Å². The molecular weight excluding hydrogens is 655 g/mol. The summed E-state index contributed by atoms with van der Waals surface area (Å²) in [4.78, 5) is 44.4. The average molecular weight is 700 g/mol. The first kappa shape index (κ1) is 34.4. The number of piperidine rings is 3.